The van der Waals surface area contributed by atoms with Crippen LogP contribution in [-0.2, 0) is 11.2 Å². The monoisotopic (exact) mass is 174 g/mol. The van der Waals surface area contributed by atoms with Gasteiger partial charge in [-0.3, -0.25) is 0 Å². The zero-order valence-corrected chi connectivity index (χ0v) is 5.98. The third-order valence-electron chi connectivity index (χ3n) is 1.36. The fourth-order valence-electron chi connectivity index (χ4n) is 0.822. The Morgan fingerprint density at radius 1 is 1.17 bits per heavy atom. The van der Waals surface area contributed by atoms with E-state index in [1.54, 1.807) is 0 Å². The molecule has 0 amide bonds. The number of carbonyl (C=O) groups excluding carboxylic acids is 1. The van der Waals surface area contributed by atoms with Crippen LogP contribution >= 0.6 is 0 Å². The molecule has 1 aromatic carbocycles. The van der Waals surface area contributed by atoms with Gasteiger partial charge in [-0.05, 0) is 17.7 Å². The third-order valence-corrected chi connectivity index (χ3v) is 1.36. The number of halogens is 3. The van der Waals surface area contributed by atoms with Gasteiger partial charge in [0.2, 0.25) is 0 Å². The first kappa shape index (κ1) is 8.77. The van der Waals surface area contributed by atoms with E-state index in [0.717, 1.165) is 12.1 Å². The highest BCUT2D eigenvalue weighted by molar-refractivity contribution is 5.54. The zero-order chi connectivity index (χ0) is 9.14. The fourth-order valence-corrected chi connectivity index (χ4v) is 0.822. The van der Waals surface area contributed by atoms with Gasteiger partial charge in [0.1, 0.15) is 6.29 Å². The average Bonchev–Trinajstić information content (AvgIpc) is 2.01. The Morgan fingerprint density at radius 2 is 1.67 bits per heavy atom. The van der Waals surface area contributed by atoms with Crippen molar-refractivity contribution in [2.24, 2.45) is 0 Å². The summed E-state index contributed by atoms with van der Waals surface area (Å²) in [5.74, 6) is -4.05. The van der Waals surface area contributed by atoms with Gasteiger partial charge in [-0.25, -0.2) is 13.2 Å². The summed E-state index contributed by atoms with van der Waals surface area (Å²) in [6.45, 7) is 0. The van der Waals surface area contributed by atoms with Gasteiger partial charge < -0.3 is 4.79 Å². The summed E-state index contributed by atoms with van der Waals surface area (Å²) in [4.78, 5) is 9.94. The highest BCUT2D eigenvalue weighted by Crippen LogP contribution is 2.13. The van der Waals surface area contributed by atoms with Crippen molar-refractivity contribution in [3.8, 4) is 0 Å². The Hall–Kier alpha value is -1.32. The molecule has 0 radical (unpaired) electrons. The molecule has 0 aliphatic carbocycles. The fraction of sp³-hybridized carbons (Fsp3) is 0.125. The van der Waals surface area contributed by atoms with Crippen molar-refractivity contribution in [1.29, 1.82) is 0 Å². The molecule has 0 N–H and O–H groups in total. The van der Waals surface area contributed by atoms with E-state index in [1.807, 2.05) is 0 Å². The van der Waals surface area contributed by atoms with Gasteiger partial charge in [-0.15, -0.1) is 0 Å². The molecule has 4 heteroatoms. The van der Waals surface area contributed by atoms with Crippen molar-refractivity contribution in [3.63, 3.8) is 0 Å². The van der Waals surface area contributed by atoms with Crippen molar-refractivity contribution in [3.05, 3.63) is 35.1 Å². The van der Waals surface area contributed by atoms with E-state index < -0.39 is 17.5 Å². The van der Waals surface area contributed by atoms with E-state index in [4.69, 9.17) is 0 Å². The van der Waals surface area contributed by atoms with Crippen LogP contribution in [0.4, 0.5) is 13.2 Å². The van der Waals surface area contributed by atoms with E-state index >= 15 is 0 Å². The number of hydrogen-bond donors (Lipinski definition) is 0. The number of hydrogen-bond acceptors (Lipinski definition) is 1. The quantitative estimate of drug-likeness (QED) is 0.494. The molecule has 0 bridgehead atoms. The van der Waals surface area contributed by atoms with Gasteiger partial charge >= 0.3 is 0 Å². The molecule has 12 heavy (non-hydrogen) atoms. The number of aldehydes is 1. The molecular weight excluding hydrogens is 169 g/mol. The minimum atomic E-state index is -1.51. The lowest BCUT2D eigenvalue weighted by Crippen LogP contribution is -1.95. The maximum Gasteiger partial charge on any atom is 0.194 e. The van der Waals surface area contributed by atoms with Crippen LogP contribution in [0.1, 0.15) is 5.56 Å². The molecule has 0 saturated heterocycles. The summed E-state index contributed by atoms with van der Waals surface area (Å²) in [5, 5.41) is 0. The first-order valence-corrected chi connectivity index (χ1v) is 3.22. The molecule has 1 rings (SSSR count). The molecule has 0 spiro atoms. The molecule has 1 nitrogen and oxygen atoms in total. The average molecular weight is 174 g/mol. The number of carbonyl (C=O) groups is 1. The summed E-state index contributed by atoms with van der Waals surface area (Å²) in [5.41, 5.74) is 0.126. The van der Waals surface area contributed by atoms with Gasteiger partial charge in [0.25, 0.3) is 0 Å². The van der Waals surface area contributed by atoms with Gasteiger partial charge in [0, 0.05) is 6.42 Å². The Morgan fingerprint density at radius 3 is 2.08 bits per heavy atom. The molecule has 64 valence electrons. The van der Waals surface area contributed by atoms with Crippen LogP contribution in [-0.4, -0.2) is 6.29 Å². The standard InChI is InChI=1S/C8H5F3O/c9-6-3-5(1-2-12)4-7(10)8(6)11/h2-4H,1H2. The van der Waals surface area contributed by atoms with Crippen LogP contribution in [0, 0.1) is 17.5 Å². The van der Waals surface area contributed by atoms with Gasteiger partial charge in [0.05, 0.1) is 0 Å². The summed E-state index contributed by atoms with van der Waals surface area (Å²) >= 11 is 0. The lowest BCUT2D eigenvalue weighted by molar-refractivity contribution is -0.107. The Labute approximate surface area is 66.8 Å². The van der Waals surface area contributed by atoms with Crippen LogP contribution in [0.25, 0.3) is 0 Å². The van der Waals surface area contributed by atoms with Crippen LogP contribution in [0.2, 0.25) is 0 Å². The Balaban J connectivity index is 3.11. The minimum Gasteiger partial charge on any atom is -0.303 e. The second-order valence-corrected chi connectivity index (χ2v) is 2.24. The number of benzene rings is 1. The molecular formula is C8H5F3O. The third kappa shape index (κ3) is 1.64. The van der Waals surface area contributed by atoms with E-state index in [2.05, 4.69) is 0 Å². The van der Waals surface area contributed by atoms with Gasteiger partial charge in [0.15, 0.2) is 17.5 Å². The summed E-state index contributed by atoms with van der Waals surface area (Å²) < 4.78 is 37.2. The smallest absolute Gasteiger partial charge is 0.194 e. The predicted octanol–water partition coefficient (Wildman–Crippen LogP) is 1.85. The Kier molecular flexibility index (Phi) is 2.47. The first-order chi connectivity index (χ1) is 5.65. The van der Waals surface area contributed by atoms with Crippen molar-refractivity contribution in [1.82, 2.24) is 0 Å². The van der Waals surface area contributed by atoms with Crippen molar-refractivity contribution < 1.29 is 18.0 Å². The van der Waals surface area contributed by atoms with Crippen molar-refractivity contribution in [2.75, 3.05) is 0 Å². The van der Waals surface area contributed by atoms with Crippen molar-refractivity contribution in [2.45, 2.75) is 6.42 Å². The second-order valence-electron chi connectivity index (χ2n) is 2.24. The molecule has 0 unspecified atom stereocenters. The van der Waals surface area contributed by atoms with E-state index in [1.165, 1.54) is 0 Å². The molecule has 0 aliphatic rings. The molecule has 0 aliphatic heterocycles. The van der Waals surface area contributed by atoms with Crippen LogP contribution in [0.3, 0.4) is 0 Å². The second kappa shape index (κ2) is 3.38. The highest BCUT2D eigenvalue weighted by atomic mass is 19.2. The van der Waals surface area contributed by atoms with E-state index in [0.29, 0.717) is 6.29 Å². The van der Waals surface area contributed by atoms with Crippen molar-refractivity contribution >= 4 is 6.29 Å². The van der Waals surface area contributed by atoms with E-state index in [9.17, 15) is 18.0 Å². The lowest BCUT2D eigenvalue weighted by Gasteiger charge is -1.98. The predicted molar refractivity (Wildman–Crippen MR) is 36.1 cm³/mol. The Bertz CT molecular complexity index is 286. The van der Waals surface area contributed by atoms with Gasteiger partial charge in [-0.2, -0.15) is 0 Å². The van der Waals surface area contributed by atoms with Crippen LogP contribution in [0.15, 0.2) is 12.1 Å². The molecule has 0 saturated carbocycles. The maximum atomic E-state index is 12.4. The lowest BCUT2D eigenvalue weighted by atomic mass is 10.1. The largest absolute Gasteiger partial charge is 0.303 e. The number of rotatable bonds is 2. The highest BCUT2D eigenvalue weighted by Gasteiger charge is 2.09. The topological polar surface area (TPSA) is 17.1 Å². The molecule has 0 atom stereocenters. The molecule has 0 aromatic heterocycles. The minimum absolute atomic E-state index is 0.117. The van der Waals surface area contributed by atoms with Gasteiger partial charge in [-0.1, -0.05) is 0 Å². The zero-order valence-electron chi connectivity index (χ0n) is 5.98. The molecule has 0 fully saturated rings. The summed E-state index contributed by atoms with van der Waals surface area (Å²) in [6.07, 6.45) is 0.375. The molecule has 0 heterocycles. The van der Waals surface area contributed by atoms with Crippen LogP contribution in [0.5, 0.6) is 0 Å². The SMILES string of the molecule is O=CCc1cc(F)c(F)c(F)c1. The summed E-state index contributed by atoms with van der Waals surface area (Å²) in [6, 6.07) is 1.60. The first-order valence-electron chi connectivity index (χ1n) is 3.22. The molecule has 1 aromatic rings. The summed E-state index contributed by atoms with van der Waals surface area (Å²) in [7, 11) is 0. The van der Waals surface area contributed by atoms with E-state index in [-0.39, 0.29) is 12.0 Å². The maximum absolute atomic E-state index is 12.4. The van der Waals surface area contributed by atoms with Crippen LogP contribution < -0.4 is 0 Å². The normalized spacial score (nSPS) is 9.92.